The molecule has 1 aromatic heterocycles. The number of carbonyl (C=O) groups is 2. The molecule has 6 nitrogen and oxygen atoms in total. The summed E-state index contributed by atoms with van der Waals surface area (Å²) in [6.45, 7) is 3.24. The summed E-state index contributed by atoms with van der Waals surface area (Å²) < 4.78 is 13.1. The number of esters is 1. The first kappa shape index (κ1) is 16.9. The maximum absolute atomic E-state index is 12.1. The zero-order valence-corrected chi connectivity index (χ0v) is 14.6. The number of amides is 1. The molecule has 0 N–H and O–H groups in total. The number of thiazole rings is 1. The maximum atomic E-state index is 12.1. The van der Waals surface area contributed by atoms with Crippen LogP contribution in [0.1, 0.15) is 30.1 Å². The van der Waals surface area contributed by atoms with Gasteiger partial charge in [-0.1, -0.05) is 11.3 Å². The maximum Gasteiger partial charge on any atom is 0.338 e. The molecule has 0 aliphatic heterocycles. The lowest BCUT2D eigenvalue weighted by Gasteiger charge is -2.05. The van der Waals surface area contributed by atoms with Gasteiger partial charge in [0.25, 0.3) is 5.91 Å². The topological polar surface area (TPSA) is 69.9 Å². The smallest absolute Gasteiger partial charge is 0.338 e. The van der Waals surface area contributed by atoms with Crippen molar-refractivity contribution in [3.8, 4) is 0 Å². The molecular weight excluding hydrogens is 328 g/mol. The lowest BCUT2D eigenvalue weighted by atomic mass is 10.2. The van der Waals surface area contributed by atoms with Crippen molar-refractivity contribution >= 4 is 33.4 Å². The van der Waals surface area contributed by atoms with Crippen LogP contribution in [-0.2, 0) is 20.8 Å². The molecule has 1 aliphatic carbocycles. The van der Waals surface area contributed by atoms with Gasteiger partial charge in [-0.2, -0.15) is 4.99 Å². The summed E-state index contributed by atoms with van der Waals surface area (Å²) in [7, 11) is 1.64. The molecule has 7 heteroatoms. The Hall–Kier alpha value is -1.99. The van der Waals surface area contributed by atoms with Crippen LogP contribution in [0, 0.1) is 5.92 Å². The molecule has 0 spiro atoms. The average Bonchev–Trinajstić information content (AvgIpc) is 3.36. The van der Waals surface area contributed by atoms with Gasteiger partial charge in [-0.3, -0.25) is 4.79 Å². The normalized spacial score (nSPS) is 15.0. The van der Waals surface area contributed by atoms with Crippen LogP contribution in [0.5, 0.6) is 0 Å². The number of fused-ring (bicyclic) bond motifs is 1. The van der Waals surface area contributed by atoms with Crippen LogP contribution in [0.15, 0.2) is 23.2 Å². The number of ether oxygens (including phenoxy) is 2. The third-order valence-electron chi connectivity index (χ3n) is 3.85. The molecule has 1 heterocycles. The van der Waals surface area contributed by atoms with Crippen LogP contribution >= 0.6 is 11.3 Å². The SMILES string of the molecule is CCOC(=O)c1ccc2c(c1)sc(=NC(=O)C1CC1)n2CCOC. The third kappa shape index (κ3) is 3.57. The van der Waals surface area contributed by atoms with Gasteiger partial charge in [-0.05, 0) is 38.0 Å². The van der Waals surface area contributed by atoms with Crippen molar-refractivity contribution in [3.05, 3.63) is 28.6 Å². The van der Waals surface area contributed by atoms with E-state index in [1.165, 1.54) is 11.3 Å². The molecule has 3 rings (SSSR count). The van der Waals surface area contributed by atoms with Crippen molar-refractivity contribution in [1.82, 2.24) is 4.57 Å². The van der Waals surface area contributed by atoms with E-state index in [9.17, 15) is 9.59 Å². The van der Waals surface area contributed by atoms with Crippen LogP contribution in [-0.4, -0.2) is 36.8 Å². The van der Waals surface area contributed by atoms with Gasteiger partial charge in [0, 0.05) is 19.6 Å². The van der Waals surface area contributed by atoms with Gasteiger partial charge < -0.3 is 14.0 Å². The lowest BCUT2D eigenvalue weighted by molar-refractivity contribution is -0.119. The first-order valence-corrected chi connectivity index (χ1v) is 8.83. The molecule has 0 unspecified atom stereocenters. The van der Waals surface area contributed by atoms with Crippen LogP contribution in [0.2, 0.25) is 0 Å². The van der Waals surface area contributed by atoms with E-state index >= 15 is 0 Å². The van der Waals surface area contributed by atoms with Gasteiger partial charge in [0.15, 0.2) is 4.80 Å². The van der Waals surface area contributed by atoms with Crippen LogP contribution in [0.4, 0.5) is 0 Å². The van der Waals surface area contributed by atoms with E-state index < -0.39 is 0 Å². The van der Waals surface area contributed by atoms with E-state index in [0.29, 0.717) is 30.1 Å². The molecule has 128 valence electrons. The Balaban J connectivity index is 2.04. The van der Waals surface area contributed by atoms with Gasteiger partial charge >= 0.3 is 5.97 Å². The van der Waals surface area contributed by atoms with E-state index in [1.54, 1.807) is 26.2 Å². The van der Waals surface area contributed by atoms with Crippen LogP contribution in [0.3, 0.4) is 0 Å². The Morgan fingerprint density at radius 1 is 1.38 bits per heavy atom. The Morgan fingerprint density at radius 3 is 2.83 bits per heavy atom. The predicted molar refractivity (Wildman–Crippen MR) is 90.9 cm³/mol. The number of hydrogen-bond donors (Lipinski definition) is 0. The number of hydrogen-bond acceptors (Lipinski definition) is 5. The standard InChI is InChI=1S/C17H20N2O4S/c1-3-23-16(21)12-6-7-13-14(10-12)24-17(19(13)8-9-22-2)18-15(20)11-4-5-11/h6-7,10-11H,3-5,8-9H2,1-2H3. The predicted octanol–water partition coefficient (Wildman–Crippen LogP) is 2.36. The summed E-state index contributed by atoms with van der Waals surface area (Å²) in [6.07, 6.45) is 1.86. The van der Waals surface area contributed by atoms with Crippen molar-refractivity contribution in [2.75, 3.05) is 20.3 Å². The highest BCUT2D eigenvalue weighted by molar-refractivity contribution is 7.16. The zero-order valence-electron chi connectivity index (χ0n) is 13.8. The number of aromatic nitrogens is 1. The van der Waals surface area contributed by atoms with Crippen molar-refractivity contribution < 1.29 is 19.1 Å². The lowest BCUT2D eigenvalue weighted by Crippen LogP contribution is -2.19. The summed E-state index contributed by atoms with van der Waals surface area (Å²) in [5.74, 6) is -0.316. The Labute approximate surface area is 143 Å². The van der Waals surface area contributed by atoms with Gasteiger partial charge in [-0.15, -0.1) is 0 Å². The van der Waals surface area contributed by atoms with E-state index in [1.807, 2.05) is 10.6 Å². The Kier molecular flexibility index (Phi) is 5.11. The van der Waals surface area contributed by atoms with E-state index in [-0.39, 0.29) is 17.8 Å². The first-order valence-electron chi connectivity index (χ1n) is 8.02. The van der Waals surface area contributed by atoms with Crippen molar-refractivity contribution in [3.63, 3.8) is 0 Å². The second kappa shape index (κ2) is 7.27. The van der Waals surface area contributed by atoms with Crippen molar-refractivity contribution in [2.24, 2.45) is 10.9 Å². The van der Waals surface area contributed by atoms with Crippen molar-refractivity contribution in [2.45, 2.75) is 26.3 Å². The fraction of sp³-hybridized carbons (Fsp3) is 0.471. The molecule has 0 radical (unpaired) electrons. The van der Waals surface area contributed by atoms with Gasteiger partial charge in [0.1, 0.15) is 0 Å². The summed E-state index contributed by atoms with van der Waals surface area (Å²) >= 11 is 1.41. The number of benzene rings is 1. The first-order chi connectivity index (χ1) is 11.6. The molecule has 0 bridgehead atoms. The number of carbonyl (C=O) groups excluding carboxylic acids is 2. The monoisotopic (exact) mass is 348 g/mol. The number of rotatable bonds is 6. The number of nitrogens with zero attached hydrogens (tertiary/aromatic N) is 2. The van der Waals surface area contributed by atoms with E-state index in [2.05, 4.69) is 4.99 Å². The molecule has 1 aliphatic rings. The second-order valence-corrected chi connectivity index (χ2v) is 6.67. The zero-order chi connectivity index (χ0) is 17.1. The fourth-order valence-corrected chi connectivity index (χ4v) is 3.52. The van der Waals surface area contributed by atoms with E-state index in [4.69, 9.17) is 9.47 Å². The number of methoxy groups -OCH3 is 1. The van der Waals surface area contributed by atoms with Gasteiger partial charge in [0.2, 0.25) is 0 Å². The molecular formula is C17H20N2O4S. The van der Waals surface area contributed by atoms with Gasteiger partial charge in [-0.25, -0.2) is 4.79 Å². The summed E-state index contributed by atoms with van der Waals surface area (Å²) in [4.78, 5) is 28.9. The highest BCUT2D eigenvalue weighted by Gasteiger charge is 2.29. The summed E-state index contributed by atoms with van der Waals surface area (Å²) in [5.41, 5.74) is 1.44. The minimum Gasteiger partial charge on any atom is -0.462 e. The van der Waals surface area contributed by atoms with E-state index in [0.717, 1.165) is 23.1 Å². The minimum absolute atomic E-state index is 0.0571. The molecule has 24 heavy (non-hydrogen) atoms. The molecule has 0 atom stereocenters. The Bertz CT molecular complexity index is 833. The molecule has 1 aromatic carbocycles. The highest BCUT2D eigenvalue weighted by Crippen LogP contribution is 2.30. The Morgan fingerprint density at radius 2 is 2.17 bits per heavy atom. The van der Waals surface area contributed by atoms with Crippen molar-refractivity contribution in [1.29, 1.82) is 0 Å². The fourth-order valence-electron chi connectivity index (χ4n) is 2.41. The second-order valence-electron chi connectivity index (χ2n) is 5.66. The van der Waals surface area contributed by atoms with Crippen LogP contribution in [0.25, 0.3) is 10.2 Å². The van der Waals surface area contributed by atoms with Crippen LogP contribution < -0.4 is 4.80 Å². The summed E-state index contributed by atoms with van der Waals surface area (Å²) in [6, 6.07) is 5.40. The molecule has 0 saturated heterocycles. The molecule has 2 aromatic rings. The minimum atomic E-state index is -0.344. The van der Waals surface area contributed by atoms with Gasteiger partial charge in [0.05, 0.1) is 29.0 Å². The summed E-state index contributed by atoms with van der Waals surface area (Å²) in [5, 5.41) is 0. The highest BCUT2D eigenvalue weighted by atomic mass is 32.1. The molecule has 1 fully saturated rings. The largest absolute Gasteiger partial charge is 0.462 e. The third-order valence-corrected chi connectivity index (χ3v) is 4.89. The quantitative estimate of drug-likeness (QED) is 0.752. The average molecular weight is 348 g/mol. The molecule has 1 saturated carbocycles. The molecule has 1 amide bonds.